The summed E-state index contributed by atoms with van der Waals surface area (Å²) in [6.45, 7) is 5.17. The van der Waals surface area contributed by atoms with Gasteiger partial charge in [0.1, 0.15) is 0 Å². The van der Waals surface area contributed by atoms with E-state index in [1.807, 2.05) is 13.8 Å². The predicted octanol–water partition coefficient (Wildman–Crippen LogP) is 2.83. The van der Waals surface area contributed by atoms with Gasteiger partial charge in [-0.15, -0.1) is 0 Å². The highest BCUT2D eigenvalue weighted by Gasteiger charge is 2.06. The van der Waals surface area contributed by atoms with Gasteiger partial charge >= 0.3 is 6.03 Å². The van der Waals surface area contributed by atoms with Crippen molar-refractivity contribution >= 4 is 23.3 Å². The van der Waals surface area contributed by atoms with Gasteiger partial charge < -0.3 is 20.7 Å². The zero-order valence-corrected chi connectivity index (χ0v) is 13.4. The second kappa shape index (κ2) is 9.78. The van der Waals surface area contributed by atoms with E-state index in [0.717, 1.165) is 12.1 Å². The largest absolute Gasteiger partial charge is 0.385 e. The van der Waals surface area contributed by atoms with Crippen LogP contribution in [-0.4, -0.2) is 32.2 Å². The molecule has 0 spiro atoms. The number of anilines is 2. The number of hydrogen-bond donors (Lipinski definition) is 3. The fraction of sp³-hybridized carbons (Fsp3) is 0.500. The molecule has 3 amide bonds. The van der Waals surface area contributed by atoms with Crippen LogP contribution in [0.2, 0.25) is 0 Å². The molecule has 1 rings (SSSR count). The monoisotopic (exact) mass is 307 g/mol. The van der Waals surface area contributed by atoms with Crippen LogP contribution in [0.5, 0.6) is 0 Å². The molecule has 0 radical (unpaired) electrons. The van der Waals surface area contributed by atoms with E-state index >= 15 is 0 Å². The highest BCUT2D eigenvalue weighted by atomic mass is 16.5. The molecule has 0 aromatic heterocycles. The minimum Gasteiger partial charge on any atom is -0.385 e. The lowest BCUT2D eigenvalue weighted by molar-refractivity contribution is -0.116. The van der Waals surface area contributed by atoms with Gasteiger partial charge in [0.25, 0.3) is 0 Å². The van der Waals surface area contributed by atoms with Crippen LogP contribution in [0, 0.1) is 5.92 Å². The average Bonchev–Trinajstić information content (AvgIpc) is 2.45. The Labute approximate surface area is 131 Å². The number of carbonyl (C=O) groups is 2. The fourth-order valence-electron chi connectivity index (χ4n) is 1.81. The molecule has 0 heterocycles. The van der Waals surface area contributed by atoms with Gasteiger partial charge in [-0.1, -0.05) is 13.8 Å². The first-order valence-electron chi connectivity index (χ1n) is 7.45. The fourth-order valence-corrected chi connectivity index (χ4v) is 1.81. The first-order chi connectivity index (χ1) is 10.5. The molecule has 0 bridgehead atoms. The standard InChI is InChI=1S/C16H25N3O3/c1-12(2)11-15(20)18-13-5-7-14(8-6-13)19-16(21)17-9-4-10-22-3/h5-8,12H,4,9-11H2,1-3H3,(H,18,20)(H2,17,19,21). The number of amides is 3. The highest BCUT2D eigenvalue weighted by molar-refractivity contribution is 5.92. The van der Waals surface area contributed by atoms with Crippen molar-refractivity contribution < 1.29 is 14.3 Å². The van der Waals surface area contributed by atoms with Gasteiger partial charge in [-0.25, -0.2) is 4.79 Å². The topological polar surface area (TPSA) is 79.5 Å². The number of ether oxygens (including phenoxy) is 1. The Kier molecular flexibility index (Phi) is 7.99. The van der Waals surface area contributed by atoms with Crippen LogP contribution in [-0.2, 0) is 9.53 Å². The summed E-state index contributed by atoms with van der Waals surface area (Å²) in [6.07, 6.45) is 1.26. The summed E-state index contributed by atoms with van der Waals surface area (Å²) in [4.78, 5) is 23.3. The number of benzene rings is 1. The smallest absolute Gasteiger partial charge is 0.319 e. The SMILES string of the molecule is COCCCNC(=O)Nc1ccc(NC(=O)CC(C)C)cc1. The second-order valence-corrected chi connectivity index (χ2v) is 5.45. The average molecular weight is 307 g/mol. The molecule has 0 saturated carbocycles. The van der Waals surface area contributed by atoms with Crippen molar-refractivity contribution in [3.8, 4) is 0 Å². The molecular formula is C16H25N3O3. The van der Waals surface area contributed by atoms with Crippen LogP contribution in [0.3, 0.4) is 0 Å². The second-order valence-electron chi connectivity index (χ2n) is 5.45. The van der Waals surface area contributed by atoms with Crippen molar-refractivity contribution in [2.45, 2.75) is 26.7 Å². The summed E-state index contributed by atoms with van der Waals surface area (Å²) in [6, 6.07) is 6.77. The first-order valence-corrected chi connectivity index (χ1v) is 7.45. The van der Waals surface area contributed by atoms with Crippen LogP contribution in [0.1, 0.15) is 26.7 Å². The number of rotatable bonds is 8. The Bertz CT molecular complexity index is 472. The van der Waals surface area contributed by atoms with E-state index in [4.69, 9.17) is 4.74 Å². The molecule has 22 heavy (non-hydrogen) atoms. The lowest BCUT2D eigenvalue weighted by Gasteiger charge is -2.09. The lowest BCUT2D eigenvalue weighted by atomic mass is 10.1. The van der Waals surface area contributed by atoms with Crippen LogP contribution in [0.4, 0.5) is 16.2 Å². The normalized spacial score (nSPS) is 10.4. The van der Waals surface area contributed by atoms with E-state index in [1.165, 1.54) is 0 Å². The molecule has 0 unspecified atom stereocenters. The van der Waals surface area contributed by atoms with E-state index in [0.29, 0.717) is 31.2 Å². The molecule has 0 aliphatic heterocycles. The minimum atomic E-state index is -0.257. The summed E-state index contributed by atoms with van der Waals surface area (Å²) in [5.74, 6) is 0.314. The number of nitrogens with one attached hydrogen (secondary N) is 3. The summed E-state index contributed by atoms with van der Waals surface area (Å²) < 4.78 is 4.90. The predicted molar refractivity (Wildman–Crippen MR) is 88.0 cm³/mol. The van der Waals surface area contributed by atoms with Gasteiger partial charge in [-0.05, 0) is 36.6 Å². The summed E-state index contributed by atoms with van der Waals surface area (Å²) in [7, 11) is 1.63. The zero-order chi connectivity index (χ0) is 16.4. The van der Waals surface area contributed by atoms with E-state index < -0.39 is 0 Å². The van der Waals surface area contributed by atoms with Crippen molar-refractivity contribution in [2.75, 3.05) is 30.9 Å². The highest BCUT2D eigenvalue weighted by Crippen LogP contribution is 2.14. The Balaban J connectivity index is 2.38. The van der Waals surface area contributed by atoms with E-state index in [9.17, 15) is 9.59 Å². The molecule has 0 aliphatic rings. The maximum atomic E-state index is 11.7. The Morgan fingerprint density at radius 2 is 1.68 bits per heavy atom. The molecule has 0 atom stereocenters. The summed E-state index contributed by atoms with van der Waals surface area (Å²) >= 11 is 0. The maximum Gasteiger partial charge on any atom is 0.319 e. The molecule has 1 aromatic carbocycles. The number of hydrogen-bond acceptors (Lipinski definition) is 3. The first kappa shape index (κ1) is 18.0. The van der Waals surface area contributed by atoms with Gasteiger partial charge in [0, 0.05) is 38.1 Å². The molecule has 6 heteroatoms. The van der Waals surface area contributed by atoms with Gasteiger partial charge in [-0.2, -0.15) is 0 Å². The van der Waals surface area contributed by atoms with Crippen LogP contribution < -0.4 is 16.0 Å². The molecular weight excluding hydrogens is 282 g/mol. The molecule has 0 fully saturated rings. The quantitative estimate of drug-likeness (QED) is 0.646. The Hall–Kier alpha value is -2.08. The van der Waals surface area contributed by atoms with E-state index in [1.54, 1.807) is 31.4 Å². The Morgan fingerprint density at radius 1 is 1.09 bits per heavy atom. The van der Waals surface area contributed by atoms with Crippen molar-refractivity contribution in [1.29, 1.82) is 0 Å². The molecule has 0 saturated heterocycles. The van der Waals surface area contributed by atoms with Crippen molar-refractivity contribution in [2.24, 2.45) is 5.92 Å². The van der Waals surface area contributed by atoms with Gasteiger partial charge in [0.05, 0.1) is 0 Å². The van der Waals surface area contributed by atoms with Crippen molar-refractivity contribution in [3.05, 3.63) is 24.3 Å². The molecule has 0 aliphatic carbocycles. The molecule has 122 valence electrons. The third-order valence-electron chi connectivity index (χ3n) is 2.83. The minimum absolute atomic E-state index is 0.00778. The number of urea groups is 1. The molecule has 3 N–H and O–H groups in total. The van der Waals surface area contributed by atoms with Gasteiger partial charge in [0.2, 0.25) is 5.91 Å². The third-order valence-corrected chi connectivity index (χ3v) is 2.83. The lowest BCUT2D eigenvalue weighted by Crippen LogP contribution is -2.30. The zero-order valence-electron chi connectivity index (χ0n) is 13.4. The number of carbonyl (C=O) groups excluding carboxylic acids is 2. The third kappa shape index (κ3) is 7.64. The summed E-state index contributed by atoms with van der Waals surface area (Å²) in [5.41, 5.74) is 1.39. The van der Waals surface area contributed by atoms with Crippen LogP contribution in [0.15, 0.2) is 24.3 Å². The molecule has 1 aromatic rings. The van der Waals surface area contributed by atoms with Crippen molar-refractivity contribution in [3.63, 3.8) is 0 Å². The molecule has 6 nitrogen and oxygen atoms in total. The van der Waals surface area contributed by atoms with Crippen LogP contribution >= 0.6 is 0 Å². The van der Waals surface area contributed by atoms with Crippen LogP contribution in [0.25, 0.3) is 0 Å². The van der Waals surface area contributed by atoms with Gasteiger partial charge in [-0.3, -0.25) is 4.79 Å². The Morgan fingerprint density at radius 3 is 2.23 bits per heavy atom. The van der Waals surface area contributed by atoms with Gasteiger partial charge in [0.15, 0.2) is 0 Å². The van der Waals surface area contributed by atoms with Crippen molar-refractivity contribution in [1.82, 2.24) is 5.32 Å². The maximum absolute atomic E-state index is 11.7. The summed E-state index contributed by atoms with van der Waals surface area (Å²) in [5, 5.41) is 8.28. The van der Waals surface area contributed by atoms with E-state index in [-0.39, 0.29) is 11.9 Å². The van der Waals surface area contributed by atoms with E-state index in [2.05, 4.69) is 16.0 Å². The number of methoxy groups -OCH3 is 1.